The Hall–Kier alpha value is -1.78. The molecule has 0 aliphatic carbocycles. The van der Waals surface area contributed by atoms with E-state index in [-0.39, 0.29) is 8.28 Å². The molecule has 5 nitrogen and oxygen atoms in total. The van der Waals surface area contributed by atoms with Crippen molar-refractivity contribution < 1.29 is 2.85 Å². The Bertz CT molecular complexity index is 492. The summed E-state index contributed by atoms with van der Waals surface area (Å²) in [6, 6.07) is 1.33. The van der Waals surface area contributed by atoms with E-state index in [1.165, 1.54) is 6.07 Å². The van der Waals surface area contributed by atoms with Crippen LogP contribution < -0.4 is 11.2 Å². The van der Waals surface area contributed by atoms with Gasteiger partial charge in [0.1, 0.15) is 11.5 Å². The van der Waals surface area contributed by atoms with E-state index in [0.717, 1.165) is 0 Å². The molecule has 2 aromatic rings. The highest BCUT2D eigenvalue weighted by Gasteiger charge is 2.03. The highest BCUT2D eigenvalue weighted by Crippen LogP contribution is 2.04. The number of nitrogens with two attached hydrogens (primary N) is 1. The summed E-state index contributed by atoms with van der Waals surface area (Å²) in [6.45, 7) is 4.00. The molecule has 2 heterocycles. The maximum absolute atomic E-state index is 11.2. The fourth-order valence-corrected chi connectivity index (χ4v) is 1.14. The second-order valence-corrected chi connectivity index (χ2v) is 2.64. The van der Waals surface area contributed by atoms with Gasteiger partial charge in [0.05, 0.1) is 6.33 Å². The molecule has 2 aromatic heterocycles. The first-order chi connectivity index (χ1) is 6.68. The van der Waals surface area contributed by atoms with Crippen molar-refractivity contribution in [3.8, 4) is 0 Å². The van der Waals surface area contributed by atoms with Crippen molar-refractivity contribution in [2.24, 2.45) is 7.05 Å². The molecule has 14 heavy (non-hydrogen) atoms. The molecule has 0 fully saturated rings. The van der Waals surface area contributed by atoms with E-state index in [9.17, 15) is 4.79 Å². The average Bonchev–Trinajstić information content (AvgIpc) is 2.52. The van der Waals surface area contributed by atoms with Crippen LogP contribution in [-0.4, -0.2) is 14.5 Å². The minimum Gasteiger partial charge on any atom is -0.385 e. The van der Waals surface area contributed by atoms with Crippen molar-refractivity contribution in [3.05, 3.63) is 22.6 Å². The Balaban J connectivity index is 0. The van der Waals surface area contributed by atoms with Gasteiger partial charge in [0, 0.05) is 16.0 Å². The third kappa shape index (κ3) is 1.61. The third-order valence-electron chi connectivity index (χ3n) is 1.72. The molecule has 0 saturated heterocycles. The molecule has 0 bridgehead atoms. The van der Waals surface area contributed by atoms with Gasteiger partial charge in [-0.05, 0) is 0 Å². The summed E-state index contributed by atoms with van der Waals surface area (Å²) in [7, 11) is 1.80. The Morgan fingerprint density at radius 1 is 1.57 bits per heavy atom. The Morgan fingerprint density at radius 2 is 2.21 bits per heavy atom. The summed E-state index contributed by atoms with van der Waals surface area (Å²) in [4.78, 5) is 18.0. The first kappa shape index (κ1) is 10.3. The van der Waals surface area contributed by atoms with Crippen LogP contribution in [0.4, 0.5) is 5.82 Å². The number of hydrogen-bond acceptors (Lipinski definition) is 3. The zero-order chi connectivity index (χ0) is 10.7. The van der Waals surface area contributed by atoms with E-state index in [4.69, 9.17) is 5.73 Å². The van der Waals surface area contributed by atoms with Crippen LogP contribution in [0.15, 0.2) is 17.2 Å². The number of hydrogen-bond donors (Lipinski definition) is 2. The largest absolute Gasteiger partial charge is 0.385 e. The van der Waals surface area contributed by atoms with Gasteiger partial charge in [-0.25, -0.2) is 4.98 Å². The van der Waals surface area contributed by atoms with Gasteiger partial charge < -0.3 is 15.3 Å². The number of nitrogens with one attached hydrogen (secondary N) is 1. The first-order valence-corrected chi connectivity index (χ1v) is 4.48. The number of aromatic amines is 1. The smallest absolute Gasteiger partial charge is 0.211 e. The first-order valence-electron chi connectivity index (χ1n) is 4.48. The molecule has 0 aliphatic heterocycles. The normalized spacial score (nSPS) is 9.64. The van der Waals surface area contributed by atoms with E-state index in [0.29, 0.717) is 17.0 Å². The number of rotatable bonds is 0. The van der Waals surface area contributed by atoms with Crippen LogP contribution in [0.5, 0.6) is 0 Å². The lowest BCUT2D eigenvalue weighted by atomic mass is 10.4. The standard InChI is InChI=1S/C7H8N4O.C2H6.2H2/c1-11-3-9-6-4(12)2-5(8)10-7(6)11;1-2;;/h2-3H,1H3,(H3,8,10,12);1-2H3;2*1H. The summed E-state index contributed by atoms with van der Waals surface area (Å²) in [5.41, 5.74) is 6.38. The lowest BCUT2D eigenvalue weighted by Gasteiger charge is -1.95. The van der Waals surface area contributed by atoms with Gasteiger partial charge in [-0.2, -0.15) is 0 Å². The second-order valence-electron chi connectivity index (χ2n) is 2.64. The number of nitrogens with zero attached hydrogens (tertiary/aromatic N) is 2. The van der Waals surface area contributed by atoms with E-state index in [2.05, 4.69) is 9.97 Å². The lowest BCUT2D eigenvalue weighted by molar-refractivity contribution is 0.932. The SMILES string of the molecule is CC.Cn1cnc2c(=O)cc(N)[nH]c21.[HH].[HH]. The van der Waals surface area contributed by atoms with Gasteiger partial charge >= 0.3 is 0 Å². The molecular formula is C9H18N4O. The predicted octanol–water partition coefficient (Wildman–Crippen LogP) is 1.36. The van der Waals surface area contributed by atoms with Crippen LogP contribution in [0, 0.1) is 0 Å². The van der Waals surface area contributed by atoms with Gasteiger partial charge in [-0.1, -0.05) is 13.8 Å². The number of fused-ring (bicyclic) bond motifs is 1. The van der Waals surface area contributed by atoms with Gasteiger partial charge in [-0.3, -0.25) is 4.79 Å². The van der Waals surface area contributed by atoms with E-state index in [1.54, 1.807) is 17.9 Å². The fraction of sp³-hybridized carbons (Fsp3) is 0.333. The molecule has 0 aliphatic rings. The molecule has 0 unspecified atom stereocenters. The predicted molar refractivity (Wildman–Crippen MR) is 61.3 cm³/mol. The molecule has 0 amide bonds. The summed E-state index contributed by atoms with van der Waals surface area (Å²) >= 11 is 0. The lowest BCUT2D eigenvalue weighted by Crippen LogP contribution is -2.05. The zero-order valence-corrected chi connectivity index (χ0v) is 8.53. The number of pyridine rings is 1. The molecule has 0 aromatic carbocycles. The number of imidazole rings is 1. The molecule has 0 saturated carbocycles. The topological polar surface area (TPSA) is 76.7 Å². The van der Waals surface area contributed by atoms with Crippen LogP contribution >= 0.6 is 0 Å². The van der Waals surface area contributed by atoms with Gasteiger partial charge in [0.25, 0.3) is 0 Å². The summed E-state index contributed by atoms with van der Waals surface area (Å²) < 4.78 is 1.72. The van der Waals surface area contributed by atoms with Crippen molar-refractivity contribution in [2.45, 2.75) is 13.8 Å². The minimum atomic E-state index is -0.151. The molecule has 0 spiro atoms. The van der Waals surface area contributed by atoms with E-state index < -0.39 is 0 Å². The number of H-pyrrole nitrogens is 1. The molecule has 5 heteroatoms. The van der Waals surface area contributed by atoms with Crippen molar-refractivity contribution in [2.75, 3.05) is 5.73 Å². The Morgan fingerprint density at radius 3 is 2.86 bits per heavy atom. The summed E-state index contributed by atoms with van der Waals surface area (Å²) in [6.07, 6.45) is 1.57. The average molecular weight is 198 g/mol. The zero-order valence-electron chi connectivity index (χ0n) is 8.53. The van der Waals surface area contributed by atoms with Gasteiger partial charge in [0.15, 0.2) is 5.52 Å². The number of anilines is 1. The number of nitrogen functional groups attached to an aromatic ring is 1. The minimum absolute atomic E-state index is 0. The Kier molecular flexibility index (Phi) is 2.91. The van der Waals surface area contributed by atoms with Gasteiger partial charge in [-0.15, -0.1) is 0 Å². The highest BCUT2D eigenvalue weighted by molar-refractivity contribution is 5.72. The van der Waals surface area contributed by atoms with Crippen molar-refractivity contribution in [1.29, 1.82) is 0 Å². The molecule has 80 valence electrons. The van der Waals surface area contributed by atoms with Gasteiger partial charge in [0.2, 0.25) is 5.43 Å². The molecular weight excluding hydrogens is 180 g/mol. The summed E-state index contributed by atoms with van der Waals surface area (Å²) in [5, 5.41) is 0. The number of aromatic nitrogens is 3. The quantitative estimate of drug-likeness (QED) is 0.671. The maximum atomic E-state index is 11.2. The maximum Gasteiger partial charge on any atom is 0.211 e. The Labute approximate surface area is 84.5 Å². The molecule has 0 radical (unpaired) electrons. The van der Waals surface area contributed by atoms with Crippen LogP contribution in [0.2, 0.25) is 0 Å². The van der Waals surface area contributed by atoms with Crippen LogP contribution in [0.3, 0.4) is 0 Å². The van der Waals surface area contributed by atoms with E-state index >= 15 is 0 Å². The van der Waals surface area contributed by atoms with Crippen molar-refractivity contribution >= 4 is 17.0 Å². The highest BCUT2D eigenvalue weighted by atomic mass is 16.1. The summed E-state index contributed by atoms with van der Waals surface area (Å²) in [5.74, 6) is 0.358. The van der Waals surface area contributed by atoms with Crippen molar-refractivity contribution in [3.63, 3.8) is 0 Å². The van der Waals surface area contributed by atoms with Crippen LogP contribution in [0.25, 0.3) is 11.2 Å². The van der Waals surface area contributed by atoms with E-state index in [1.807, 2.05) is 13.8 Å². The van der Waals surface area contributed by atoms with Crippen molar-refractivity contribution in [1.82, 2.24) is 14.5 Å². The number of aryl methyl sites for hydroxylation is 1. The molecule has 2 rings (SSSR count). The molecule has 0 atom stereocenters. The van der Waals surface area contributed by atoms with Crippen LogP contribution in [0.1, 0.15) is 16.7 Å². The molecule has 3 N–H and O–H groups in total. The monoisotopic (exact) mass is 198 g/mol. The van der Waals surface area contributed by atoms with Crippen LogP contribution in [-0.2, 0) is 7.05 Å². The third-order valence-corrected chi connectivity index (χ3v) is 1.72. The fourth-order valence-electron chi connectivity index (χ4n) is 1.14. The second kappa shape index (κ2) is 3.95.